The zero-order valence-electron chi connectivity index (χ0n) is 6.30. The van der Waals surface area contributed by atoms with Gasteiger partial charge in [0.2, 0.25) is 0 Å². The van der Waals surface area contributed by atoms with E-state index in [1.54, 1.807) is 0 Å². The van der Waals surface area contributed by atoms with Crippen molar-refractivity contribution in [3.8, 4) is 0 Å². The maximum Gasteiger partial charge on any atom is -0.00883 e. The standard InChI is InChI=1S/C10H12/c1-3-6-10-8-5-7-9(10)4-2/h3-7H,2,8H2,1H3/b6-3-. The van der Waals surface area contributed by atoms with Crippen molar-refractivity contribution >= 4 is 0 Å². The maximum atomic E-state index is 3.73. The summed E-state index contributed by atoms with van der Waals surface area (Å²) >= 11 is 0. The van der Waals surface area contributed by atoms with E-state index in [1.807, 2.05) is 13.0 Å². The van der Waals surface area contributed by atoms with Gasteiger partial charge in [-0.3, -0.25) is 0 Å². The Morgan fingerprint density at radius 1 is 1.60 bits per heavy atom. The molecule has 0 atom stereocenters. The van der Waals surface area contributed by atoms with E-state index in [9.17, 15) is 0 Å². The molecule has 0 spiro atoms. The summed E-state index contributed by atoms with van der Waals surface area (Å²) in [5.41, 5.74) is 2.63. The highest BCUT2D eigenvalue weighted by molar-refractivity contribution is 5.45. The normalized spacial score (nSPS) is 17.3. The topological polar surface area (TPSA) is 0 Å². The van der Waals surface area contributed by atoms with Gasteiger partial charge >= 0.3 is 0 Å². The summed E-state index contributed by atoms with van der Waals surface area (Å²) in [4.78, 5) is 0. The van der Waals surface area contributed by atoms with Crippen LogP contribution in [-0.2, 0) is 0 Å². The summed E-state index contributed by atoms with van der Waals surface area (Å²) in [7, 11) is 0. The average Bonchev–Trinajstić information content (AvgIpc) is 2.36. The third-order valence-corrected chi connectivity index (χ3v) is 1.59. The molecule has 0 radical (unpaired) electrons. The van der Waals surface area contributed by atoms with Gasteiger partial charge in [0.15, 0.2) is 0 Å². The molecule has 0 amide bonds. The molecule has 0 aromatic heterocycles. The van der Waals surface area contributed by atoms with E-state index in [4.69, 9.17) is 0 Å². The van der Waals surface area contributed by atoms with Crippen molar-refractivity contribution in [2.24, 2.45) is 0 Å². The second-order valence-corrected chi connectivity index (χ2v) is 2.29. The molecule has 10 heavy (non-hydrogen) atoms. The van der Waals surface area contributed by atoms with Crippen LogP contribution < -0.4 is 0 Å². The molecule has 0 N–H and O–H groups in total. The SMILES string of the molecule is C=CC1=C(/C=C\C)CC=C1. The molecule has 0 fully saturated rings. The number of allylic oxidation sites excluding steroid dienone is 7. The van der Waals surface area contributed by atoms with Crippen molar-refractivity contribution in [2.45, 2.75) is 13.3 Å². The first-order chi connectivity index (χ1) is 4.88. The van der Waals surface area contributed by atoms with Crippen LogP contribution in [0.1, 0.15) is 13.3 Å². The fourth-order valence-electron chi connectivity index (χ4n) is 1.10. The molecule has 1 rings (SSSR count). The molecule has 0 aromatic carbocycles. The Labute approximate surface area is 62.3 Å². The van der Waals surface area contributed by atoms with Crippen LogP contribution in [0.3, 0.4) is 0 Å². The molecule has 0 aliphatic heterocycles. The molecule has 0 bridgehead atoms. The highest BCUT2D eigenvalue weighted by Crippen LogP contribution is 2.20. The molecule has 0 aromatic rings. The minimum absolute atomic E-state index is 1.06. The largest absolute Gasteiger partial charge is 0.0985 e. The van der Waals surface area contributed by atoms with Crippen LogP contribution in [0.5, 0.6) is 0 Å². The molecule has 0 saturated heterocycles. The Bertz CT molecular complexity index is 214. The highest BCUT2D eigenvalue weighted by Gasteiger charge is 2.00. The van der Waals surface area contributed by atoms with Gasteiger partial charge in [-0.1, -0.05) is 37.0 Å². The molecule has 0 heteroatoms. The molecule has 0 heterocycles. The minimum atomic E-state index is 1.06. The first-order valence-corrected chi connectivity index (χ1v) is 3.53. The van der Waals surface area contributed by atoms with Gasteiger partial charge in [0.25, 0.3) is 0 Å². The summed E-state index contributed by atoms with van der Waals surface area (Å²) in [6.45, 7) is 5.77. The van der Waals surface area contributed by atoms with E-state index in [0.717, 1.165) is 6.42 Å². The van der Waals surface area contributed by atoms with E-state index < -0.39 is 0 Å². The van der Waals surface area contributed by atoms with Crippen LogP contribution in [0.25, 0.3) is 0 Å². The van der Waals surface area contributed by atoms with E-state index in [-0.39, 0.29) is 0 Å². The lowest BCUT2D eigenvalue weighted by molar-refractivity contribution is 1.31. The van der Waals surface area contributed by atoms with Crippen LogP contribution in [-0.4, -0.2) is 0 Å². The lowest BCUT2D eigenvalue weighted by atomic mass is 10.1. The van der Waals surface area contributed by atoms with Gasteiger partial charge in [0.05, 0.1) is 0 Å². The third kappa shape index (κ3) is 1.27. The zero-order valence-corrected chi connectivity index (χ0v) is 6.30. The average molecular weight is 132 g/mol. The Balaban J connectivity index is 2.84. The quantitative estimate of drug-likeness (QED) is 0.541. The van der Waals surface area contributed by atoms with Crippen molar-refractivity contribution in [1.82, 2.24) is 0 Å². The molecule has 1 aliphatic rings. The molecule has 52 valence electrons. The smallest absolute Gasteiger partial charge is 0.00883 e. The summed E-state index contributed by atoms with van der Waals surface area (Å²) in [6.07, 6.45) is 11.4. The maximum absolute atomic E-state index is 3.73. The van der Waals surface area contributed by atoms with Crippen LogP contribution in [0, 0.1) is 0 Å². The molecule has 0 saturated carbocycles. The van der Waals surface area contributed by atoms with Gasteiger partial charge in [-0.05, 0) is 24.5 Å². The Morgan fingerprint density at radius 2 is 2.40 bits per heavy atom. The second-order valence-electron chi connectivity index (χ2n) is 2.29. The fourth-order valence-corrected chi connectivity index (χ4v) is 1.10. The lowest BCUT2D eigenvalue weighted by Crippen LogP contribution is -1.74. The Morgan fingerprint density at radius 3 is 3.00 bits per heavy atom. The van der Waals surface area contributed by atoms with E-state index in [2.05, 4.69) is 30.9 Å². The third-order valence-electron chi connectivity index (χ3n) is 1.59. The molecule has 0 nitrogen and oxygen atoms in total. The summed E-state index contributed by atoms with van der Waals surface area (Å²) in [5.74, 6) is 0. The molecule has 1 aliphatic carbocycles. The van der Waals surface area contributed by atoms with Crippen LogP contribution in [0.2, 0.25) is 0 Å². The molecular formula is C10H12. The minimum Gasteiger partial charge on any atom is -0.0985 e. The Hall–Kier alpha value is -1.04. The second kappa shape index (κ2) is 3.21. The highest BCUT2D eigenvalue weighted by atomic mass is 14.1. The fraction of sp³-hybridized carbons (Fsp3) is 0.200. The summed E-state index contributed by atoms with van der Waals surface area (Å²) < 4.78 is 0. The van der Waals surface area contributed by atoms with Gasteiger partial charge < -0.3 is 0 Å². The lowest BCUT2D eigenvalue weighted by Gasteiger charge is -1.93. The monoisotopic (exact) mass is 132 g/mol. The predicted octanol–water partition coefficient (Wildman–Crippen LogP) is 3.01. The van der Waals surface area contributed by atoms with E-state index in [1.165, 1.54) is 11.1 Å². The summed E-state index contributed by atoms with van der Waals surface area (Å²) in [6, 6.07) is 0. The van der Waals surface area contributed by atoms with Gasteiger partial charge in [0, 0.05) is 0 Å². The molecule has 0 unspecified atom stereocenters. The van der Waals surface area contributed by atoms with Crippen LogP contribution in [0.15, 0.2) is 48.1 Å². The van der Waals surface area contributed by atoms with Gasteiger partial charge in [-0.2, -0.15) is 0 Å². The zero-order chi connectivity index (χ0) is 7.40. The number of hydrogen-bond donors (Lipinski definition) is 0. The molecular weight excluding hydrogens is 120 g/mol. The van der Waals surface area contributed by atoms with Crippen molar-refractivity contribution in [1.29, 1.82) is 0 Å². The van der Waals surface area contributed by atoms with Crippen molar-refractivity contribution in [3.63, 3.8) is 0 Å². The van der Waals surface area contributed by atoms with E-state index in [0.29, 0.717) is 0 Å². The first-order valence-electron chi connectivity index (χ1n) is 3.53. The summed E-state index contributed by atoms with van der Waals surface area (Å²) in [5, 5.41) is 0. The van der Waals surface area contributed by atoms with Gasteiger partial charge in [-0.25, -0.2) is 0 Å². The van der Waals surface area contributed by atoms with Crippen molar-refractivity contribution in [3.05, 3.63) is 48.1 Å². The van der Waals surface area contributed by atoms with Crippen LogP contribution >= 0.6 is 0 Å². The van der Waals surface area contributed by atoms with Crippen LogP contribution in [0.4, 0.5) is 0 Å². The first kappa shape index (κ1) is 7.07. The Kier molecular flexibility index (Phi) is 2.27. The van der Waals surface area contributed by atoms with Gasteiger partial charge in [-0.15, -0.1) is 0 Å². The van der Waals surface area contributed by atoms with Crippen molar-refractivity contribution < 1.29 is 0 Å². The number of rotatable bonds is 2. The van der Waals surface area contributed by atoms with Gasteiger partial charge in [0.1, 0.15) is 0 Å². The van der Waals surface area contributed by atoms with Crippen molar-refractivity contribution in [2.75, 3.05) is 0 Å². The predicted molar refractivity (Wildman–Crippen MR) is 45.8 cm³/mol. The van der Waals surface area contributed by atoms with E-state index >= 15 is 0 Å². The number of hydrogen-bond acceptors (Lipinski definition) is 0.